The summed E-state index contributed by atoms with van der Waals surface area (Å²) in [5.41, 5.74) is 2.40. The van der Waals surface area contributed by atoms with Gasteiger partial charge in [-0.3, -0.25) is 4.79 Å². The zero-order valence-electron chi connectivity index (χ0n) is 10.3. The van der Waals surface area contributed by atoms with Crippen LogP contribution in [-0.2, 0) is 4.79 Å². The summed E-state index contributed by atoms with van der Waals surface area (Å²) >= 11 is 0. The number of nitrogens with one attached hydrogen (secondary N) is 1. The van der Waals surface area contributed by atoms with Crippen molar-refractivity contribution >= 4 is 11.7 Å². The molecule has 92 valence electrons. The van der Waals surface area contributed by atoms with E-state index < -0.39 is 5.97 Å². The minimum absolute atomic E-state index is 0.127. The number of hydrogen-bond donors (Lipinski definition) is 2. The molecule has 1 aromatic carbocycles. The number of carbonyl (C=O) groups is 1. The van der Waals surface area contributed by atoms with Gasteiger partial charge < -0.3 is 10.4 Å². The zero-order chi connectivity index (χ0) is 12.4. The zero-order valence-corrected chi connectivity index (χ0v) is 10.3. The Kier molecular flexibility index (Phi) is 3.36. The summed E-state index contributed by atoms with van der Waals surface area (Å²) in [6.07, 6.45) is 0.812. The first-order chi connectivity index (χ1) is 8.08. The van der Waals surface area contributed by atoms with Crippen LogP contribution >= 0.6 is 0 Å². The predicted octanol–water partition coefficient (Wildman–Crippen LogP) is 2.94. The summed E-state index contributed by atoms with van der Waals surface area (Å²) in [5, 5.41) is 12.1. The van der Waals surface area contributed by atoms with Gasteiger partial charge in [-0.15, -0.1) is 0 Å². The van der Waals surface area contributed by atoms with Crippen LogP contribution in [0.5, 0.6) is 0 Å². The molecule has 1 aliphatic rings. The van der Waals surface area contributed by atoms with Crippen molar-refractivity contribution in [2.45, 2.75) is 26.2 Å². The van der Waals surface area contributed by atoms with Crippen molar-refractivity contribution in [3.05, 3.63) is 29.8 Å². The number of rotatable bonds is 5. The quantitative estimate of drug-likeness (QED) is 0.822. The molecule has 3 heteroatoms. The first-order valence-electron chi connectivity index (χ1n) is 6.14. The molecule has 2 rings (SSSR count). The van der Waals surface area contributed by atoms with Crippen molar-refractivity contribution in [1.82, 2.24) is 0 Å². The molecular weight excluding hydrogens is 214 g/mol. The van der Waals surface area contributed by atoms with Crippen LogP contribution in [0.3, 0.4) is 0 Å². The van der Waals surface area contributed by atoms with E-state index in [1.165, 1.54) is 5.56 Å². The highest BCUT2D eigenvalue weighted by molar-refractivity contribution is 5.73. The average Bonchev–Trinajstić information content (AvgIpc) is 3.06. The minimum Gasteiger partial charge on any atom is -0.481 e. The van der Waals surface area contributed by atoms with Gasteiger partial charge >= 0.3 is 5.97 Å². The van der Waals surface area contributed by atoms with E-state index in [-0.39, 0.29) is 5.92 Å². The minimum atomic E-state index is -0.660. The number of carboxylic acids is 1. The first-order valence-corrected chi connectivity index (χ1v) is 6.14. The molecule has 0 radical (unpaired) electrons. The lowest BCUT2D eigenvalue weighted by Gasteiger charge is -2.08. The van der Waals surface area contributed by atoms with Crippen molar-refractivity contribution < 1.29 is 9.90 Å². The van der Waals surface area contributed by atoms with E-state index in [4.69, 9.17) is 5.11 Å². The summed E-state index contributed by atoms with van der Waals surface area (Å²) in [4.78, 5) is 10.7. The van der Waals surface area contributed by atoms with Gasteiger partial charge in [-0.05, 0) is 36.0 Å². The molecule has 0 aromatic heterocycles. The average molecular weight is 233 g/mol. The lowest BCUT2D eigenvalue weighted by molar-refractivity contribution is -0.138. The van der Waals surface area contributed by atoms with Gasteiger partial charge in [-0.25, -0.2) is 0 Å². The van der Waals surface area contributed by atoms with Gasteiger partial charge in [0.1, 0.15) is 0 Å². The number of carboxylic acid groups (broad SMARTS) is 1. The van der Waals surface area contributed by atoms with Gasteiger partial charge in [-0.1, -0.05) is 26.0 Å². The van der Waals surface area contributed by atoms with Crippen molar-refractivity contribution in [3.63, 3.8) is 0 Å². The summed E-state index contributed by atoms with van der Waals surface area (Å²) in [5.74, 6) is 0.0607. The normalized spacial score (nSPS) is 22.5. The first kappa shape index (κ1) is 12.0. The van der Waals surface area contributed by atoms with Gasteiger partial charge in [0.05, 0.1) is 5.92 Å². The number of aliphatic carboxylic acids is 1. The molecule has 0 amide bonds. The summed E-state index contributed by atoms with van der Waals surface area (Å²) in [7, 11) is 0. The Morgan fingerprint density at radius 3 is 2.53 bits per heavy atom. The van der Waals surface area contributed by atoms with Crippen LogP contribution in [-0.4, -0.2) is 17.6 Å². The topological polar surface area (TPSA) is 49.3 Å². The molecule has 0 saturated heterocycles. The molecular formula is C14H19NO2. The molecule has 0 bridgehead atoms. The molecule has 1 aliphatic carbocycles. The van der Waals surface area contributed by atoms with Gasteiger partial charge in [0.15, 0.2) is 0 Å². The highest BCUT2D eigenvalue weighted by atomic mass is 16.4. The van der Waals surface area contributed by atoms with E-state index in [9.17, 15) is 4.79 Å². The maximum absolute atomic E-state index is 10.7. The van der Waals surface area contributed by atoms with E-state index in [0.29, 0.717) is 11.8 Å². The van der Waals surface area contributed by atoms with Gasteiger partial charge in [0, 0.05) is 12.2 Å². The standard InChI is InChI=1S/C14H19NO2/c1-9(2)10-3-5-12(6-4-10)15-8-11-7-13(11)14(16)17/h3-6,9,11,13,15H,7-8H2,1-2H3,(H,16,17). The summed E-state index contributed by atoms with van der Waals surface area (Å²) in [6.45, 7) is 5.10. The maximum Gasteiger partial charge on any atom is 0.306 e. The largest absolute Gasteiger partial charge is 0.481 e. The van der Waals surface area contributed by atoms with Crippen LogP contribution in [0.15, 0.2) is 24.3 Å². The molecule has 2 unspecified atom stereocenters. The Hall–Kier alpha value is -1.51. The van der Waals surface area contributed by atoms with E-state index in [1.807, 2.05) is 0 Å². The van der Waals surface area contributed by atoms with Crippen LogP contribution in [0.1, 0.15) is 31.7 Å². The molecule has 2 N–H and O–H groups in total. The van der Waals surface area contributed by atoms with Crippen LogP contribution in [0.4, 0.5) is 5.69 Å². The molecule has 3 nitrogen and oxygen atoms in total. The molecule has 17 heavy (non-hydrogen) atoms. The monoisotopic (exact) mass is 233 g/mol. The Bertz CT molecular complexity index is 397. The van der Waals surface area contributed by atoms with Crippen molar-refractivity contribution in [1.29, 1.82) is 0 Å². The maximum atomic E-state index is 10.7. The van der Waals surface area contributed by atoms with Crippen LogP contribution in [0.2, 0.25) is 0 Å². The fraction of sp³-hybridized carbons (Fsp3) is 0.500. The van der Waals surface area contributed by atoms with Crippen molar-refractivity contribution in [3.8, 4) is 0 Å². The third-order valence-electron chi connectivity index (χ3n) is 3.39. The second-order valence-electron chi connectivity index (χ2n) is 5.10. The Balaban J connectivity index is 1.82. The van der Waals surface area contributed by atoms with Crippen molar-refractivity contribution in [2.75, 3.05) is 11.9 Å². The van der Waals surface area contributed by atoms with E-state index in [1.54, 1.807) is 0 Å². The molecule has 2 atom stereocenters. The fourth-order valence-electron chi connectivity index (χ4n) is 2.01. The molecule has 1 saturated carbocycles. The van der Waals surface area contributed by atoms with Crippen LogP contribution in [0.25, 0.3) is 0 Å². The van der Waals surface area contributed by atoms with E-state index in [2.05, 4.69) is 43.4 Å². The van der Waals surface area contributed by atoms with E-state index in [0.717, 1.165) is 18.7 Å². The molecule has 1 aromatic rings. The highest BCUT2D eigenvalue weighted by Gasteiger charge is 2.42. The highest BCUT2D eigenvalue weighted by Crippen LogP contribution is 2.38. The summed E-state index contributed by atoms with van der Waals surface area (Å²) in [6, 6.07) is 8.37. The van der Waals surface area contributed by atoms with Crippen LogP contribution < -0.4 is 5.32 Å². The lowest BCUT2D eigenvalue weighted by Crippen LogP contribution is -2.08. The second kappa shape index (κ2) is 4.78. The lowest BCUT2D eigenvalue weighted by atomic mass is 10.0. The molecule has 0 spiro atoms. The van der Waals surface area contributed by atoms with Crippen LogP contribution in [0, 0.1) is 11.8 Å². The number of benzene rings is 1. The Labute approximate surface area is 102 Å². The number of hydrogen-bond acceptors (Lipinski definition) is 2. The molecule has 0 aliphatic heterocycles. The second-order valence-corrected chi connectivity index (χ2v) is 5.10. The fourth-order valence-corrected chi connectivity index (χ4v) is 2.01. The molecule has 0 heterocycles. The smallest absolute Gasteiger partial charge is 0.306 e. The molecule has 1 fully saturated rings. The van der Waals surface area contributed by atoms with Gasteiger partial charge in [-0.2, -0.15) is 0 Å². The predicted molar refractivity (Wildman–Crippen MR) is 68.3 cm³/mol. The number of anilines is 1. The Morgan fingerprint density at radius 2 is 2.06 bits per heavy atom. The Morgan fingerprint density at radius 1 is 1.41 bits per heavy atom. The van der Waals surface area contributed by atoms with Crippen molar-refractivity contribution in [2.24, 2.45) is 11.8 Å². The van der Waals surface area contributed by atoms with E-state index >= 15 is 0 Å². The third kappa shape index (κ3) is 2.99. The third-order valence-corrected chi connectivity index (χ3v) is 3.39. The SMILES string of the molecule is CC(C)c1ccc(NCC2CC2C(=O)O)cc1. The summed E-state index contributed by atoms with van der Waals surface area (Å²) < 4.78 is 0. The van der Waals surface area contributed by atoms with Gasteiger partial charge in [0.25, 0.3) is 0 Å². The van der Waals surface area contributed by atoms with Gasteiger partial charge in [0.2, 0.25) is 0 Å².